The van der Waals surface area contributed by atoms with E-state index >= 15 is 0 Å². The third-order valence-electron chi connectivity index (χ3n) is 5.44. The van der Waals surface area contributed by atoms with Gasteiger partial charge in [0.05, 0.1) is 5.54 Å². The molecular weight excluding hydrogens is 380 g/mol. The Morgan fingerprint density at radius 3 is 2.23 bits per heavy atom. The second-order valence-electron chi connectivity index (χ2n) is 8.49. The Hall–Kier alpha value is -3.06. The summed E-state index contributed by atoms with van der Waals surface area (Å²) < 4.78 is 0. The van der Waals surface area contributed by atoms with Crippen molar-refractivity contribution in [3.05, 3.63) is 60.7 Å². The molecule has 0 saturated carbocycles. The topological polar surface area (TPSA) is 76.1 Å². The molecule has 0 bridgehead atoms. The molecule has 1 aliphatic heterocycles. The third kappa shape index (κ3) is 4.26. The summed E-state index contributed by atoms with van der Waals surface area (Å²) in [4.78, 5) is 29.5. The van der Waals surface area contributed by atoms with Crippen LogP contribution in [0.5, 0.6) is 0 Å². The molecule has 1 saturated heterocycles. The van der Waals surface area contributed by atoms with E-state index in [0.29, 0.717) is 28.9 Å². The number of hydrogen-bond donors (Lipinski definition) is 2. The summed E-state index contributed by atoms with van der Waals surface area (Å²) >= 11 is 0. The van der Waals surface area contributed by atoms with E-state index in [1.165, 1.54) is 4.90 Å². The predicted molar refractivity (Wildman–Crippen MR) is 117 cm³/mol. The molecule has 7 heteroatoms. The highest BCUT2D eigenvalue weighted by Crippen LogP contribution is 2.38. The van der Waals surface area contributed by atoms with Gasteiger partial charge in [0.2, 0.25) is 0 Å². The van der Waals surface area contributed by atoms with Gasteiger partial charge in [0.15, 0.2) is 6.17 Å². The Morgan fingerprint density at radius 2 is 1.67 bits per heavy atom. The van der Waals surface area contributed by atoms with Crippen LogP contribution in [0.3, 0.4) is 0 Å². The van der Waals surface area contributed by atoms with Gasteiger partial charge in [0, 0.05) is 17.9 Å². The van der Waals surface area contributed by atoms with Crippen molar-refractivity contribution in [3.8, 4) is 0 Å². The monoisotopic (exact) mass is 410 g/mol. The van der Waals surface area contributed by atoms with E-state index in [0.717, 1.165) is 6.42 Å². The second kappa shape index (κ2) is 8.75. The van der Waals surface area contributed by atoms with Gasteiger partial charge < -0.3 is 10.2 Å². The molecule has 2 aromatic rings. The van der Waals surface area contributed by atoms with E-state index in [1.807, 2.05) is 38.1 Å². The lowest BCUT2D eigenvalue weighted by molar-refractivity contribution is -0.0950. The molecule has 0 unspecified atom stereocenters. The minimum Gasteiger partial charge on any atom is -0.315 e. The molecule has 0 radical (unpaired) electrons. The Bertz CT molecular complexity index is 871. The molecule has 2 N–H and O–H groups in total. The summed E-state index contributed by atoms with van der Waals surface area (Å²) in [5.74, 6) is 0.421. The van der Waals surface area contributed by atoms with Crippen molar-refractivity contribution in [2.75, 3.05) is 16.8 Å². The molecule has 1 heterocycles. The lowest BCUT2D eigenvalue weighted by atomic mass is 9.98. The SMILES string of the molecule is CC(C)CCN1C(=O)N(c2ccccc2)[C@H](N(O)C(=O)Nc2ccccc2)C1(C)C. The van der Waals surface area contributed by atoms with Crippen molar-refractivity contribution in [1.82, 2.24) is 9.96 Å². The average molecular weight is 411 g/mol. The molecule has 30 heavy (non-hydrogen) atoms. The van der Waals surface area contributed by atoms with Gasteiger partial charge in [-0.15, -0.1) is 0 Å². The number of anilines is 2. The van der Waals surface area contributed by atoms with Crippen LogP contribution in [0, 0.1) is 5.92 Å². The fourth-order valence-corrected chi connectivity index (χ4v) is 3.77. The molecule has 160 valence electrons. The zero-order valence-electron chi connectivity index (χ0n) is 17.9. The number of nitrogens with zero attached hydrogens (tertiary/aromatic N) is 3. The van der Waals surface area contributed by atoms with Gasteiger partial charge in [-0.1, -0.05) is 50.2 Å². The van der Waals surface area contributed by atoms with Crippen LogP contribution >= 0.6 is 0 Å². The number of benzene rings is 2. The van der Waals surface area contributed by atoms with E-state index in [-0.39, 0.29) is 6.03 Å². The standard InChI is InChI=1S/C23H30N4O3/c1-17(2)15-16-25-22(29)26(19-13-9-6-10-14-19)20(23(25,3)4)27(30)21(28)24-18-11-7-5-8-12-18/h5-14,17,20,30H,15-16H2,1-4H3,(H,24,28)/t20-/m1/s1. The van der Waals surface area contributed by atoms with E-state index in [4.69, 9.17) is 0 Å². The first-order chi connectivity index (χ1) is 14.2. The van der Waals surface area contributed by atoms with Crippen LogP contribution in [0.25, 0.3) is 0 Å². The number of hydroxylamine groups is 2. The molecular formula is C23H30N4O3. The van der Waals surface area contributed by atoms with Crippen LogP contribution in [0.15, 0.2) is 60.7 Å². The summed E-state index contributed by atoms with van der Waals surface area (Å²) in [5.41, 5.74) is 0.371. The first kappa shape index (κ1) is 21.6. The number of rotatable bonds is 6. The van der Waals surface area contributed by atoms with E-state index < -0.39 is 17.7 Å². The molecule has 1 atom stereocenters. The number of carbonyl (C=O) groups is 2. The van der Waals surface area contributed by atoms with E-state index in [1.54, 1.807) is 41.3 Å². The Morgan fingerprint density at radius 1 is 1.10 bits per heavy atom. The van der Waals surface area contributed by atoms with Gasteiger partial charge in [0.25, 0.3) is 0 Å². The summed E-state index contributed by atoms with van der Waals surface area (Å²) in [5, 5.41) is 14.3. The normalized spacial score (nSPS) is 18.1. The quantitative estimate of drug-likeness (QED) is 0.520. The van der Waals surface area contributed by atoms with Gasteiger partial charge in [0.1, 0.15) is 0 Å². The average Bonchev–Trinajstić information content (AvgIpc) is 2.92. The number of urea groups is 2. The zero-order chi connectivity index (χ0) is 21.9. The fourth-order valence-electron chi connectivity index (χ4n) is 3.77. The molecule has 0 aliphatic carbocycles. The van der Waals surface area contributed by atoms with Gasteiger partial charge in [-0.2, -0.15) is 5.06 Å². The van der Waals surface area contributed by atoms with Crippen LogP contribution in [0.1, 0.15) is 34.1 Å². The molecule has 1 aliphatic rings. The number of amides is 4. The minimum atomic E-state index is -0.900. The zero-order valence-corrected chi connectivity index (χ0v) is 17.9. The van der Waals surface area contributed by atoms with Crippen molar-refractivity contribution in [1.29, 1.82) is 0 Å². The Labute approximate surface area is 177 Å². The highest BCUT2D eigenvalue weighted by molar-refractivity contribution is 5.98. The summed E-state index contributed by atoms with van der Waals surface area (Å²) in [6, 6.07) is 17.1. The van der Waals surface area contributed by atoms with Crippen molar-refractivity contribution < 1.29 is 14.8 Å². The Kier molecular flexibility index (Phi) is 6.31. The Balaban J connectivity index is 1.94. The molecule has 0 spiro atoms. The predicted octanol–water partition coefficient (Wildman–Crippen LogP) is 5.00. The van der Waals surface area contributed by atoms with Crippen LogP contribution < -0.4 is 10.2 Å². The van der Waals surface area contributed by atoms with Crippen molar-refractivity contribution >= 4 is 23.4 Å². The minimum absolute atomic E-state index is 0.233. The van der Waals surface area contributed by atoms with Crippen LogP contribution in [-0.4, -0.2) is 45.5 Å². The summed E-state index contributed by atoms with van der Waals surface area (Å²) in [6.45, 7) is 8.49. The fraction of sp³-hybridized carbons (Fsp3) is 0.391. The maximum Gasteiger partial charge on any atom is 0.347 e. The highest BCUT2D eigenvalue weighted by Gasteiger charge is 2.55. The van der Waals surface area contributed by atoms with Crippen molar-refractivity contribution in [2.24, 2.45) is 5.92 Å². The summed E-state index contributed by atoms with van der Waals surface area (Å²) in [6.07, 6.45) is -0.0742. The highest BCUT2D eigenvalue weighted by atomic mass is 16.5. The van der Waals surface area contributed by atoms with Crippen molar-refractivity contribution in [2.45, 2.75) is 45.8 Å². The van der Waals surface area contributed by atoms with Gasteiger partial charge in [-0.25, -0.2) is 9.59 Å². The van der Waals surface area contributed by atoms with Crippen LogP contribution in [-0.2, 0) is 0 Å². The lowest BCUT2D eigenvalue weighted by Crippen LogP contribution is -2.58. The van der Waals surface area contributed by atoms with Gasteiger partial charge in [-0.05, 0) is 50.5 Å². The number of hydrogen-bond acceptors (Lipinski definition) is 3. The lowest BCUT2D eigenvalue weighted by Gasteiger charge is -2.38. The van der Waals surface area contributed by atoms with Crippen LogP contribution in [0.4, 0.5) is 21.0 Å². The first-order valence-corrected chi connectivity index (χ1v) is 10.2. The summed E-state index contributed by atoms with van der Waals surface area (Å²) in [7, 11) is 0. The second-order valence-corrected chi connectivity index (χ2v) is 8.49. The van der Waals surface area contributed by atoms with E-state index in [2.05, 4.69) is 19.2 Å². The molecule has 7 nitrogen and oxygen atoms in total. The van der Waals surface area contributed by atoms with Gasteiger partial charge >= 0.3 is 12.1 Å². The van der Waals surface area contributed by atoms with Crippen molar-refractivity contribution in [3.63, 3.8) is 0 Å². The maximum atomic E-state index is 13.4. The van der Waals surface area contributed by atoms with E-state index in [9.17, 15) is 14.8 Å². The third-order valence-corrected chi connectivity index (χ3v) is 5.44. The molecule has 4 amide bonds. The number of nitrogens with one attached hydrogen (secondary N) is 1. The molecule has 1 fully saturated rings. The van der Waals surface area contributed by atoms with Crippen LogP contribution in [0.2, 0.25) is 0 Å². The smallest absolute Gasteiger partial charge is 0.315 e. The molecule has 3 rings (SSSR count). The maximum absolute atomic E-state index is 13.4. The molecule has 0 aromatic heterocycles. The first-order valence-electron chi connectivity index (χ1n) is 10.2. The molecule has 2 aromatic carbocycles. The number of para-hydroxylation sites is 2. The largest absolute Gasteiger partial charge is 0.347 e. The number of carbonyl (C=O) groups excluding carboxylic acids is 2. The van der Waals surface area contributed by atoms with Gasteiger partial charge in [-0.3, -0.25) is 10.1 Å².